The van der Waals surface area contributed by atoms with Crippen molar-refractivity contribution in [2.45, 2.75) is 0 Å². The molecule has 1 aromatic carbocycles. The number of hydrogen-bond donors (Lipinski definition) is 1. The number of para-hydroxylation sites is 1. The summed E-state index contributed by atoms with van der Waals surface area (Å²) < 4.78 is 0. The van der Waals surface area contributed by atoms with E-state index in [0.717, 1.165) is 12.5 Å². The SMILES string of the molecule is C1=NC2=CNCN2c2ccccc21. The normalized spacial score (nSPS) is 17.5. The van der Waals surface area contributed by atoms with Crippen LogP contribution in [0.3, 0.4) is 0 Å². The molecule has 0 saturated heterocycles. The molecule has 2 aliphatic rings. The number of fused-ring (bicyclic) bond motifs is 3. The third-order valence-corrected chi connectivity index (χ3v) is 2.32. The van der Waals surface area contributed by atoms with Crippen LogP contribution >= 0.6 is 0 Å². The molecule has 0 unspecified atom stereocenters. The Morgan fingerprint density at radius 3 is 3.23 bits per heavy atom. The van der Waals surface area contributed by atoms with Crippen molar-refractivity contribution in [3.8, 4) is 0 Å². The van der Waals surface area contributed by atoms with Crippen LogP contribution in [0, 0.1) is 0 Å². The summed E-state index contributed by atoms with van der Waals surface area (Å²) in [4.78, 5) is 6.49. The molecule has 1 N–H and O–H groups in total. The lowest BCUT2D eigenvalue weighted by Gasteiger charge is -2.23. The van der Waals surface area contributed by atoms with E-state index in [1.54, 1.807) is 0 Å². The van der Waals surface area contributed by atoms with Gasteiger partial charge < -0.3 is 10.2 Å². The Bertz CT molecular complexity index is 406. The predicted octanol–water partition coefficient (Wildman–Crippen LogP) is 1.29. The third-order valence-electron chi connectivity index (χ3n) is 2.32. The summed E-state index contributed by atoms with van der Waals surface area (Å²) in [6.45, 7) is 0.823. The lowest BCUT2D eigenvalue weighted by Crippen LogP contribution is -2.25. The molecule has 2 aliphatic heterocycles. The zero-order chi connectivity index (χ0) is 8.67. The number of nitrogens with one attached hydrogen (secondary N) is 1. The molecule has 3 rings (SSSR count). The van der Waals surface area contributed by atoms with E-state index in [1.165, 1.54) is 11.3 Å². The maximum Gasteiger partial charge on any atom is 0.150 e. The van der Waals surface area contributed by atoms with Crippen molar-refractivity contribution in [3.63, 3.8) is 0 Å². The maximum absolute atomic E-state index is 4.33. The van der Waals surface area contributed by atoms with Crippen LogP contribution in [0.2, 0.25) is 0 Å². The molecular formula is C10H9N3. The molecule has 3 nitrogen and oxygen atoms in total. The van der Waals surface area contributed by atoms with Gasteiger partial charge in [-0.2, -0.15) is 0 Å². The first-order valence-corrected chi connectivity index (χ1v) is 4.29. The Labute approximate surface area is 76.4 Å². The molecule has 0 amide bonds. The molecule has 1 aromatic rings. The summed E-state index contributed by atoms with van der Waals surface area (Å²) >= 11 is 0. The molecule has 3 heteroatoms. The van der Waals surface area contributed by atoms with E-state index in [1.807, 2.05) is 24.5 Å². The van der Waals surface area contributed by atoms with Crippen molar-refractivity contribution >= 4 is 11.9 Å². The highest BCUT2D eigenvalue weighted by molar-refractivity contribution is 5.92. The van der Waals surface area contributed by atoms with Gasteiger partial charge in [0.05, 0.1) is 12.4 Å². The quantitative estimate of drug-likeness (QED) is 0.636. The van der Waals surface area contributed by atoms with Gasteiger partial charge in [0.25, 0.3) is 0 Å². The van der Waals surface area contributed by atoms with Gasteiger partial charge in [0, 0.05) is 18.0 Å². The van der Waals surface area contributed by atoms with Crippen LogP contribution in [-0.4, -0.2) is 12.9 Å². The highest BCUT2D eigenvalue weighted by Gasteiger charge is 2.20. The van der Waals surface area contributed by atoms with Gasteiger partial charge in [0.2, 0.25) is 0 Å². The second-order valence-corrected chi connectivity index (χ2v) is 3.11. The topological polar surface area (TPSA) is 27.6 Å². The summed E-state index contributed by atoms with van der Waals surface area (Å²) in [6, 6.07) is 8.27. The fraction of sp³-hybridized carbons (Fsp3) is 0.100. The molecule has 0 fully saturated rings. The van der Waals surface area contributed by atoms with Crippen molar-refractivity contribution in [2.24, 2.45) is 4.99 Å². The molecular weight excluding hydrogens is 162 g/mol. The van der Waals surface area contributed by atoms with Gasteiger partial charge in [0.1, 0.15) is 5.82 Å². The minimum absolute atomic E-state index is 0.823. The first kappa shape index (κ1) is 6.71. The highest BCUT2D eigenvalue weighted by atomic mass is 15.3. The molecule has 64 valence electrons. The number of aliphatic imine (C=N–C) groups is 1. The first-order valence-electron chi connectivity index (χ1n) is 4.29. The Hall–Kier alpha value is -1.77. The van der Waals surface area contributed by atoms with Crippen LogP contribution in [0.5, 0.6) is 0 Å². The molecule has 0 saturated carbocycles. The second-order valence-electron chi connectivity index (χ2n) is 3.11. The van der Waals surface area contributed by atoms with Crippen LogP contribution in [0.15, 0.2) is 41.3 Å². The predicted molar refractivity (Wildman–Crippen MR) is 52.6 cm³/mol. The lowest BCUT2D eigenvalue weighted by molar-refractivity contribution is 0.879. The summed E-state index contributed by atoms with van der Waals surface area (Å²) in [6.07, 6.45) is 3.84. The minimum Gasteiger partial charge on any atom is -0.370 e. The molecule has 0 bridgehead atoms. The van der Waals surface area contributed by atoms with Crippen LogP contribution < -0.4 is 10.2 Å². The van der Waals surface area contributed by atoms with Gasteiger partial charge in [0.15, 0.2) is 0 Å². The monoisotopic (exact) mass is 171 g/mol. The fourth-order valence-electron chi connectivity index (χ4n) is 1.68. The second kappa shape index (κ2) is 2.36. The number of benzene rings is 1. The molecule has 2 heterocycles. The zero-order valence-electron chi connectivity index (χ0n) is 7.07. The molecule has 0 radical (unpaired) electrons. The van der Waals surface area contributed by atoms with Crippen LogP contribution in [-0.2, 0) is 0 Å². The van der Waals surface area contributed by atoms with E-state index in [-0.39, 0.29) is 0 Å². The van der Waals surface area contributed by atoms with E-state index >= 15 is 0 Å². The van der Waals surface area contributed by atoms with E-state index in [2.05, 4.69) is 27.3 Å². The Morgan fingerprint density at radius 1 is 1.31 bits per heavy atom. The van der Waals surface area contributed by atoms with Crippen molar-refractivity contribution in [2.75, 3.05) is 11.6 Å². The summed E-state index contributed by atoms with van der Waals surface area (Å²) in [5.41, 5.74) is 2.41. The maximum atomic E-state index is 4.33. The molecule has 0 aromatic heterocycles. The van der Waals surface area contributed by atoms with E-state index in [0.29, 0.717) is 0 Å². The Kier molecular flexibility index (Phi) is 1.22. The molecule has 0 aliphatic carbocycles. The lowest BCUT2D eigenvalue weighted by atomic mass is 10.1. The van der Waals surface area contributed by atoms with Crippen molar-refractivity contribution in [1.29, 1.82) is 0 Å². The average Bonchev–Trinajstić information content (AvgIpc) is 2.65. The third kappa shape index (κ3) is 0.869. The number of rotatable bonds is 0. The van der Waals surface area contributed by atoms with Crippen LogP contribution in [0.1, 0.15) is 5.56 Å². The summed E-state index contributed by atoms with van der Waals surface area (Å²) in [5.74, 6) is 0.999. The molecule has 0 spiro atoms. The van der Waals surface area contributed by atoms with E-state index < -0.39 is 0 Å². The molecule has 0 atom stereocenters. The van der Waals surface area contributed by atoms with Crippen molar-refractivity contribution in [1.82, 2.24) is 5.32 Å². The summed E-state index contributed by atoms with van der Waals surface area (Å²) in [7, 11) is 0. The zero-order valence-corrected chi connectivity index (χ0v) is 7.07. The number of hydrogen-bond acceptors (Lipinski definition) is 3. The van der Waals surface area contributed by atoms with Gasteiger partial charge in [-0.05, 0) is 6.07 Å². The van der Waals surface area contributed by atoms with Crippen molar-refractivity contribution in [3.05, 3.63) is 41.8 Å². The van der Waals surface area contributed by atoms with Gasteiger partial charge in [-0.1, -0.05) is 18.2 Å². The smallest absolute Gasteiger partial charge is 0.150 e. The van der Waals surface area contributed by atoms with Gasteiger partial charge >= 0.3 is 0 Å². The minimum atomic E-state index is 0.823. The fourth-order valence-corrected chi connectivity index (χ4v) is 1.68. The summed E-state index contributed by atoms with van der Waals surface area (Å²) in [5, 5.41) is 3.16. The van der Waals surface area contributed by atoms with Crippen molar-refractivity contribution < 1.29 is 0 Å². The largest absolute Gasteiger partial charge is 0.370 e. The first-order chi connectivity index (χ1) is 6.45. The van der Waals surface area contributed by atoms with E-state index in [9.17, 15) is 0 Å². The van der Waals surface area contributed by atoms with Crippen LogP contribution in [0.4, 0.5) is 5.69 Å². The standard InChI is InChI=1S/C10H9N3/c1-2-4-9-8(3-1)5-12-10-6-11-7-13(9)10/h1-6,11H,7H2. The van der Waals surface area contributed by atoms with Crippen LogP contribution in [0.25, 0.3) is 0 Å². The van der Waals surface area contributed by atoms with Gasteiger partial charge in [-0.15, -0.1) is 0 Å². The van der Waals surface area contributed by atoms with E-state index in [4.69, 9.17) is 0 Å². The number of nitrogens with zero attached hydrogens (tertiary/aromatic N) is 2. The highest BCUT2D eigenvalue weighted by Crippen LogP contribution is 2.28. The van der Waals surface area contributed by atoms with Gasteiger partial charge in [-0.3, -0.25) is 0 Å². The Balaban J connectivity index is 2.20. The average molecular weight is 171 g/mol. The number of anilines is 1. The Morgan fingerprint density at radius 2 is 2.23 bits per heavy atom. The molecule has 13 heavy (non-hydrogen) atoms. The van der Waals surface area contributed by atoms with Gasteiger partial charge in [-0.25, -0.2) is 4.99 Å².